The lowest BCUT2D eigenvalue weighted by Crippen LogP contribution is -2.25. The second-order valence-corrected chi connectivity index (χ2v) is 5.36. The standard InChI is InChI=1S/C18H16N2O4/c1-3-20-12-8-11(18(23)24-2)15(19)14-13(12)16(21)9-6-4-5-7-10(9)17(14)22/h4-8,20H,3,19H2,1-2H3. The molecule has 122 valence electrons. The number of esters is 1. The number of anilines is 2. The summed E-state index contributed by atoms with van der Waals surface area (Å²) in [5.74, 6) is -1.32. The molecular formula is C18H16N2O4. The summed E-state index contributed by atoms with van der Waals surface area (Å²) >= 11 is 0. The van der Waals surface area contributed by atoms with Gasteiger partial charge in [-0.1, -0.05) is 24.3 Å². The van der Waals surface area contributed by atoms with Crippen LogP contribution >= 0.6 is 0 Å². The minimum atomic E-state index is -0.659. The predicted molar refractivity (Wildman–Crippen MR) is 89.7 cm³/mol. The first kappa shape index (κ1) is 15.7. The molecule has 0 aliphatic heterocycles. The molecule has 0 bridgehead atoms. The summed E-state index contributed by atoms with van der Waals surface area (Å²) in [6.07, 6.45) is 0. The monoisotopic (exact) mass is 324 g/mol. The zero-order valence-corrected chi connectivity index (χ0v) is 13.3. The molecule has 0 radical (unpaired) electrons. The molecule has 6 nitrogen and oxygen atoms in total. The molecule has 0 saturated heterocycles. The van der Waals surface area contributed by atoms with E-state index in [2.05, 4.69) is 5.32 Å². The third kappa shape index (κ3) is 2.15. The lowest BCUT2D eigenvalue weighted by atomic mass is 9.81. The summed E-state index contributed by atoms with van der Waals surface area (Å²) in [7, 11) is 1.23. The minimum Gasteiger partial charge on any atom is -0.465 e. The van der Waals surface area contributed by atoms with Crippen LogP contribution in [0.1, 0.15) is 49.1 Å². The quantitative estimate of drug-likeness (QED) is 0.566. The number of ether oxygens (including phenoxy) is 1. The largest absolute Gasteiger partial charge is 0.465 e. The lowest BCUT2D eigenvalue weighted by molar-refractivity contribution is 0.0601. The van der Waals surface area contributed by atoms with Crippen molar-refractivity contribution in [2.75, 3.05) is 24.7 Å². The van der Waals surface area contributed by atoms with Gasteiger partial charge in [-0.25, -0.2) is 4.79 Å². The van der Waals surface area contributed by atoms with E-state index in [0.717, 1.165) is 0 Å². The van der Waals surface area contributed by atoms with Gasteiger partial charge in [-0.3, -0.25) is 9.59 Å². The Hall–Kier alpha value is -3.15. The number of nitrogen functional groups attached to an aromatic ring is 1. The van der Waals surface area contributed by atoms with Gasteiger partial charge < -0.3 is 15.8 Å². The van der Waals surface area contributed by atoms with Crippen molar-refractivity contribution < 1.29 is 19.1 Å². The molecule has 2 aromatic rings. The van der Waals surface area contributed by atoms with E-state index in [0.29, 0.717) is 17.8 Å². The van der Waals surface area contributed by atoms with Gasteiger partial charge in [0.2, 0.25) is 0 Å². The number of carbonyl (C=O) groups is 3. The fourth-order valence-corrected chi connectivity index (χ4v) is 2.93. The highest BCUT2D eigenvalue weighted by molar-refractivity contribution is 6.32. The third-order valence-electron chi connectivity index (χ3n) is 4.01. The highest BCUT2D eigenvalue weighted by atomic mass is 16.5. The Labute approximate surface area is 138 Å². The van der Waals surface area contributed by atoms with Crippen molar-refractivity contribution in [3.8, 4) is 0 Å². The molecule has 0 unspecified atom stereocenters. The summed E-state index contributed by atoms with van der Waals surface area (Å²) in [6, 6.07) is 8.03. The molecule has 2 aromatic carbocycles. The Morgan fingerprint density at radius 2 is 1.71 bits per heavy atom. The van der Waals surface area contributed by atoms with Crippen molar-refractivity contribution in [3.63, 3.8) is 0 Å². The van der Waals surface area contributed by atoms with Crippen LogP contribution in [-0.2, 0) is 4.74 Å². The summed E-state index contributed by atoms with van der Waals surface area (Å²) in [4.78, 5) is 37.8. The molecule has 0 aromatic heterocycles. The first-order valence-corrected chi connectivity index (χ1v) is 7.48. The van der Waals surface area contributed by atoms with Gasteiger partial charge in [-0.2, -0.15) is 0 Å². The van der Waals surface area contributed by atoms with E-state index in [1.165, 1.54) is 13.2 Å². The van der Waals surface area contributed by atoms with Gasteiger partial charge >= 0.3 is 5.97 Å². The maximum Gasteiger partial charge on any atom is 0.340 e. The number of ketones is 2. The molecule has 1 aliphatic carbocycles. The second-order valence-electron chi connectivity index (χ2n) is 5.36. The minimum absolute atomic E-state index is 0.0358. The maximum absolute atomic E-state index is 12.9. The van der Waals surface area contributed by atoms with Crippen molar-refractivity contribution >= 4 is 28.9 Å². The Morgan fingerprint density at radius 3 is 2.25 bits per heavy atom. The molecule has 0 heterocycles. The van der Waals surface area contributed by atoms with Crippen LogP contribution in [0.4, 0.5) is 11.4 Å². The van der Waals surface area contributed by atoms with Crippen LogP contribution in [0.2, 0.25) is 0 Å². The summed E-state index contributed by atoms with van der Waals surface area (Å²) in [6.45, 7) is 2.36. The number of hydrogen-bond acceptors (Lipinski definition) is 6. The molecule has 6 heteroatoms. The summed E-state index contributed by atoms with van der Waals surface area (Å²) in [5, 5.41) is 3.03. The molecule has 0 fully saturated rings. The summed E-state index contributed by atoms with van der Waals surface area (Å²) in [5.41, 5.74) is 7.35. The van der Waals surface area contributed by atoms with Gasteiger partial charge in [0, 0.05) is 23.4 Å². The number of benzene rings is 2. The van der Waals surface area contributed by atoms with E-state index in [9.17, 15) is 14.4 Å². The van der Waals surface area contributed by atoms with Gasteiger partial charge in [-0.05, 0) is 13.0 Å². The average Bonchev–Trinajstić information content (AvgIpc) is 2.60. The molecular weight excluding hydrogens is 308 g/mol. The predicted octanol–water partition coefficient (Wildman–Crippen LogP) is 2.26. The number of rotatable bonds is 3. The van der Waals surface area contributed by atoms with E-state index < -0.39 is 5.97 Å². The van der Waals surface area contributed by atoms with E-state index in [1.807, 2.05) is 6.92 Å². The molecule has 1 aliphatic rings. The van der Waals surface area contributed by atoms with Gasteiger partial charge in [-0.15, -0.1) is 0 Å². The Kier molecular flexibility index (Phi) is 3.81. The second kappa shape index (κ2) is 5.81. The van der Waals surface area contributed by atoms with E-state index >= 15 is 0 Å². The van der Waals surface area contributed by atoms with Gasteiger partial charge in [0.15, 0.2) is 11.6 Å². The smallest absolute Gasteiger partial charge is 0.340 e. The zero-order chi connectivity index (χ0) is 17.4. The van der Waals surface area contributed by atoms with Gasteiger partial charge in [0.05, 0.1) is 29.5 Å². The molecule has 0 spiro atoms. The van der Waals surface area contributed by atoms with E-state index in [-0.39, 0.29) is 39.5 Å². The number of hydrogen-bond donors (Lipinski definition) is 2. The molecule has 3 N–H and O–H groups in total. The van der Waals surface area contributed by atoms with Crippen molar-refractivity contribution in [2.45, 2.75) is 6.92 Å². The normalized spacial score (nSPS) is 12.4. The van der Waals surface area contributed by atoms with E-state index in [4.69, 9.17) is 10.5 Å². The van der Waals surface area contributed by atoms with E-state index in [1.54, 1.807) is 24.3 Å². The van der Waals surface area contributed by atoms with Crippen LogP contribution in [0.3, 0.4) is 0 Å². The Morgan fingerprint density at radius 1 is 1.12 bits per heavy atom. The van der Waals surface area contributed by atoms with Crippen LogP contribution in [0.5, 0.6) is 0 Å². The van der Waals surface area contributed by atoms with Crippen molar-refractivity contribution in [1.82, 2.24) is 0 Å². The molecule has 0 saturated carbocycles. The average molecular weight is 324 g/mol. The highest BCUT2D eigenvalue weighted by Gasteiger charge is 2.35. The van der Waals surface area contributed by atoms with Gasteiger partial charge in [0.25, 0.3) is 0 Å². The Balaban J connectivity index is 2.36. The number of methoxy groups -OCH3 is 1. The van der Waals surface area contributed by atoms with Crippen molar-refractivity contribution in [3.05, 3.63) is 58.1 Å². The number of nitrogens with two attached hydrogens (primary N) is 1. The number of fused-ring (bicyclic) bond motifs is 2. The van der Waals surface area contributed by atoms with Crippen LogP contribution < -0.4 is 11.1 Å². The van der Waals surface area contributed by atoms with Crippen LogP contribution in [0.25, 0.3) is 0 Å². The Bertz CT molecular complexity index is 887. The van der Waals surface area contributed by atoms with Crippen LogP contribution in [0.15, 0.2) is 30.3 Å². The van der Waals surface area contributed by atoms with Crippen LogP contribution in [-0.4, -0.2) is 31.2 Å². The maximum atomic E-state index is 12.9. The fraction of sp³-hybridized carbons (Fsp3) is 0.167. The zero-order valence-electron chi connectivity index (χ0n) is 13.3. The van der Waals surface area contributed by atoms with Crippen LogP contribution in [0, 0.1) is 0 Å². The SMILES string of the molecule is CCNc1cc(C(=O)OC)c(N)c2c1C(=O)c1ccccc1C2=O. The fourth-order valence-electron chi connectivity index (χ4n) is 2.93. The van der Waals surface area contributed by atoms with Crippen molar-refractivity contribution in [1.29, 1.82) is 0 Å². The molecule has 0 amide bonds. The molecule has 0 atom stereocenters. The summed E-state index contributed by atoms with van der Waals surface area (Å²) < 4.78 is 4.73. The first-order valence-electron chi connectivity index (χ1n) is 7.48. The molecule has 3 rings (SSSR count). The lowest BCUT2D eigenvalue weighted by Gasteiger charge is -2.23. The number of carbonyl (C=O) groups excluding carboxylic acids is 3. The highest BCUT2D eigenvalue weighted by Crippen LogP contribution is 2.37. The van der Waals surface area contributed by atoms with Gasteiger partial charge in [0.1, 0.15) is 0 Å². The van der Waals surface area contributed by atoms with Crippen molar-refractivity contribution in [2.24, 2.45) is 0 Å². The number of nitrogens with one attached hydrogen (secondary N) is 1. The topological polar surface area (TPSA) is 98.5 Å². The first-order chi connectivity index (χ1) is 11.5. The molecule has 24 heavy (non-hydrogen) atoms. The third-order valence-corrected chi connectivity index (χ3v) is 4.01.